The Morgan fingerprint density at radius 2 is 1.10 bits per heavy atom. The van der Waals surface area contributed by atoms with Gasteiger partial charge in [0.25, 0.3) is 0 Å². The van der Waals surface area contributed by atoms with Gasteiger partial charge >= 0.3 is 0 Å². The molecule has 11 rings (SSSR count). The normalized spacial score (nSPS) is 12.0. The van der Waals surface area contributed by atoms with Crippen molar-refractivity contribution in [2.75, 3.05) is 4.90 Å². The Balaban J connectivity index is 1.24. The summed E-state index contributed by atoms with van der Waals surface area (Å²) in [6, 6.07) is 61.2. The van der Waals surface area contributed by atoms with E-state index in [1.807, 2.05) is 11.3 Å². The zero-order valence-corrected chi connectivity index (χ0v) is 27.7. The molecule has 0 fully saturated rings. The number of rotatable bonds is 4. The third-order valence-electron chi connectivity index (χ3n) is 10.2. The number of benzene rings is 8. The standard InChI is InChI=1S/C46H28N2OS/c1-2-15-32-29(12-1)26-27-36-44-39(21-10-23-41(44)49-46(32)36)48(40-22-11-25-43-45(40)35-18-5-8-24-42(35)50-43)31-14-9-13-30(28-31)47-37-19-6-3-16-33(37)34-17-4-7-20-38(34)47/h1-28H. The summed E-state index contributed by atoms with van der Waals surface area (Å²) in [7, 11) is 0. The van der Waals surface area contributed by atoms with Gasteiger partial charge in [0.1, 0.15) is 11.2 Å². The van der Waals surface area contributed by atoms with Crippen molar-refractivity contribution in [3.63, 3.8) is 0 Å². The van der Waals surface area contributed by atoms with Crippen LogP contribution in [-0.2, 0) is 0 Å². The van der Waals surface area contributed by atoms with Gasteiger partial charge in [0.15, 0.2) is 0 Å². The van der Waals surface area contributed by atoms with Gasteiger partial charge < -0.3 is 13.9 Å². The first-order chi connectivity index (χ1) is 24.8. The van der Waals surface area contributed by atoms with E-state index < -0.39 is 0 Å². The van der Waals surface area contributed by atoms with Gasteiger partial charge in [-0.05, 0) is 72.1 Å². The van der Waals surface area contributed by atoms with E-state index in [-0.39, 0.29) is 0 Å². The maximum absolute atomic E-state index is 6.72. The summed E-state index contributed by atoms with van der Waals surface area (Å²) < 4.78 is 11.7. The van der Waals surface area contributed by atoms with Gasteiger partial charge in [0, 0.05) is 53.1 Å². The average Bonchev–Trinajstić information content (AvgIpc) is 3.85. The highest BCUT2D eigenvalue weighted by Gasteiger charge is 2.24. The summed E-state index contributed by atoms with van der Waals surface area (Å²) in [5.74, 6) is 0. The number of aromatic nitrogens is 1. The van der Waals surface area contributed by atoms with Gasteiger partial charge in [0.2, 0.25) is 0 Å². The van der Waals surface area contributed by atoms with Gasteiger partial charge in [-0.1, -0.05) is 103 Å². The number of hydrogen-bond donors (Lipinski definition) is 0. The van der Waals surface area contributed by atoms with Crippen molar-refractivity contribution in [1.29, 1.82) is 0 Å². The Labute approximate surface area is 291 Å². The molecule has 50 heavy (non-hydrogen) atoms. The van der Waals surface area contributed by atoms with E-state index in [2.05, 4.69) is 179 Å². The summed E-state index contributed by atoms with van der Waals surface area (Å²) in [6.07, 6.45) is 0. The minimum Gasteiger partial charge on any atom is -0.455 e. The number of anilines is 3. The first kappa shape index (κ1) is 27.6. The summed E-state index contributed by atoms with van der Waals surface area (Å²) in [4.78, 5) is 2.45. The molecule has 0 bridgehead atoms. The highest BCUT2D eigenvalue weighted by molar-refractivity contribution is 7.26. The summed E-state index contributed by atoms with van der Waals surface area (Å²) in [5, 5.41) is 9.53. The fraction of sp³-hybridized carbons (Fsp3) is 0. The van der Waals surface area contributed by atoms with E-state index in [1.54, 1.807) is 0 Å². The molecule has 3 nitrogen and oxygen atoms in total. The number of hydrogen-bond acceptors (Lipinski definition) is 3. The van der Waals surface area contributed by atoms with E-state index in [1.165, 1.54) is 47.4 Å². The molecule has 0 saturated carbocycles. The van der Waals surface area contributed by atoms with Crippen molar-refractivity contribution in [1.82, 2.24) is 4.57 Å². The van der Waals surface area contributed by atoms with E-state index in [0.29, 0.717) is 0 Å². The van der Waals surface area contributed by atoms with Gasteiger partial charge in [-0.25, -0.2) is 0 Å². The fourth-order valence-electron chi connectivity index (χ4n) is 8.04. The minimum atomic E-state index is 0.875. The third kappa shape index (κ3) is 3.91. The molecule has 4 heteroatoms. The van der Waals surface area contributed by atoms with Gasteiger partial charge in [-0.2, -0.15) is 0 Å². The molecule has 0 saturated heterocycles. The predicted molar refractivity (Wildman–Crippen MR) is 213 cm³/mol. The minimum absolute atomic E-state index is 0.875. The molecule has 0 radical (unpaired) electrons. The largest absolute Gasteiger partial charge is 0.455 e. The number of thiophene rings is 1. The highest BCUT2D eigenvalue weighted by atomic mass is 32.1. The average molecular weight is 657 g/mol. The van der Waals surface area contributed by atoms with Crippen LogP contribution in [0, 0.1) is 0 Å². The third-order valence-corrected chi connectivity index (χ3v) is 11.3. The SMILES string of the molecule is c1cc(N(c2cccc3oc4c5ccccc5ccc4c23)c2cccc3sc4ccccc4c23)cc(-n2c3ccccc3c3ccccc32)c1. The highest BCUT2D eigenvalue weighted by Crippen LogP contribution is 2.49. The summed E-state index contributed by atoms with van der Waals surface area (Å²) in [5.41, 5.74) is 8.60. The smallest absolute Gasteiger partial charge is 0.143 e. The number of nitrogens with zero attached hydrogens (tertiary/aromatic N) is 2. The first-order valence-corrected chi connectivity index (χ1v) is 17.8. The molecule has 0 atom stereocenters. The molecular weight excluding hydrogens is 629 g/mol. The molecule has 0 spiro atoms. The lowest BCUT2D eigenvalue weighted by Crippen LogP contribution is -2.11. The molecule has 11 aromatic rings. The van der Waals surface area contributed by atoms with Crippen LogP contribution in [0.3, 0.4) is 0 Å². The Bertz CT molecular complexity index is 3070. The van der Waals surface area contributed by atoms with Crippen LogP contribution in [0.2, 0.25) is 0 Å². The van der Waals surface area contributed by atoms with Crippen LogP contribution >= 0.6 is 11.3 Å². The first-order valence-electron chi connectivity index (χ1n) is 16.9. The van der Waals surface area contributed by atoms with Crippen LogP contribution in [0.1, 0.15) is 0 Å². The summed E-state index contributed by atoms with van der Waals surface area (Å²) >= 11 is 1.85. The van der Waals surface area contributed by atoms with Crippen molar-refractivity contribution in [3.8, 4) is 5.69 Å². The number of furan rings is 1. The van der Waals surface area contributed by atoms with Crippen molar-refractivity contribution < 1.29 is 4.42 Å². The molecule has 3 aromatic heterocycles. The van der Waals surface area contributed by atoms with Crippen molar-refractivity contribution >= 4 is 103 Å². The fourth-order valence-corrected chi connectivity index (χ4v) is 9.17. The molecule has 0 aliphatic carbocycles. The van der Waals surface area contributed by atoms with Gasteiger partial charge in [-0.3, -0.25) is 0 Å². The molecule has 0 unspecified atom stereocenters. The van der Waals surface area contributed by atoms with E-state index in [4.69, 9.17) is 4.42 Å². The molecule has 3 heterocycles. The maximum Gasteiger partial charge on any atom is 0.143 e. The molecule has 0 aliphatic heterocycles. The topological polar surface area (TPSA) is 21.3 Å². The molecule has 8 aromatic carbocycles. The second-order valence-electron chi connectivity index (χ2n) is 12.9. The number of fused-ring (bicyclic) bond motifs is 11. The Hall–Kier alpha value is -6.36. The summed E-state index contributed by atoms with van der Waals surface area (Å²) in [6.45, 7) is 0. The van der Waals surface area contributed by atoms with Crippen LogP contribution in [0.15, 0.2) is 174 Å². The molecule has 0 aliphatic rings. The second kappa shape index (κ2) is 10.6. The van der Waals surface area contributed by atoms with Crippen molar-refractivity contribution in [2.45, 2.75) is 0 Å². The van der Waals surface area contributed by atoms with E-state index in [0.717, 1.165) is 50.1 Å². The van der Waals surface area contributed by atoms with E-state index >= 15 is 0 Å². The predicted octanol–water partition coefficient (Wildman–Crippen LogP) is 13.7. The Morgan fingerprint density at radius 1 is 0.460 bits per heavy atom. The second-order valence-corrected chi connectivity index (χ2v) is 14.0. The van der Waals surface area contributed by atoms with Gasteiger partial charge in [-0.15, -0.1) is 11.3 Å². The lowest BCUT2D eigenvalue weighted by molar-refractivity contribution is 0.672. The van der Waals surface area contributed by atoms with Crippen LogP contribution in [0.4, 0.5) is 17.1 Å². The monoisotopic (exact) mass is 656 g/mol. The van der Waals surface area contributed by atoms with Crippen molar-refractivity contribution in [3.05, 3.63) is 170 Å². The zero-order valence-electron chi connectivity index (χ0n) is 26.9. The van der Waals surface area contributed by atoms with Crippen molar-refractivity contribution in [2.24, 2.45) is 0 Å². The number of para-hydroxylation sites is 2. The quantitative estimate of drug-likeness (QED) is 0.188. The molecular formula is C46H28N2OS. The molecule has 234 valence electrons. The van der Waals surface area contributed by atoms with Crippen LogP contribution in [0.25, 0.3) is 80.4 Å². The molecule has 0 amide bonds. The maximum atomic E-state index is 6.72. The lowest BCUT2D eigenvalue weighted by atomic mass is 10.0. The lowest BCUT2D eigenvalue weighted by Gasteiger charge is -2.28. The van der Waals surface area contributed by atoms with Crippen LogP contribution in [0.5, 0.6) is 0 Å². The Kier molecular flexibility index (Phi) is 5.83. The Morgan fingerprint density at radius 3 is 1.92 bits per heavy atom. The van der Waals surface area contributed by atoms with Crippen LogP contribution < -0.4 is 4.90 Å². The van der Waals surface area contributed by atoms with E-state index in [9.17, 15) is 0 Å². The van der Waals surface area contributed by atoms with Crippen LogP contribution in [-0.4, -0.2) is 4.57 Å². The zero-order chi connectivity index (χ0) is 32.8. The molecule has 0 N–H and O–H groups in total. The van der Waals surface area contributed by atoms with Gasteiger partial charge in [0.05, 0.1) is 27.8 Å².